The van der Waals surface area contributed by atoms with E-state index in [-0.39, 0.29) is 17.9 Å². The van der Waals surface area contributed by atoms with Crippen molar-refractivity contribution in [2.75, 3.05) is 6.54 Å². The summed E-state index contributed by atoms with van der Waals surface area (Å²) in [5.74, 6) is -0.167. The van der Waals surface area contributed by atoms with Crippen LogP contribution in [-0.2, 0) is 9.59 Å². The number of hydrogen-bond donors (Lipinski definition) is 2. The van der Waals surface area contributed by atoms with Crippen molar-refractivity contribution < 1.29 is 9.59 Å². The minimum atomic E-state index is -0.396. The minimum Gasteiger partial charge on any atom is -0.353 e. The SMILES string of the molecule is C[C@@H](CNC(=O)[C@@H](Sc1ccccc1)c1ccccc1)NC(=O)[C@@H](Sc1ccccc1)c1ccccc1. The maximum Gasteiger partial charge on any atom is 0.238 e. The lowest BCUT2D eigenvalue weighted by molar-refractivity contribution is -0.123. The monoisotopic (exact) mass is 526 g/mol. The molecule has 0 aliphatic rings. The Morgan fingerprint density at radius 2 is 0.973 bits per heavy atom. The lowest BCUT2D eigenvalue weighted by Gasteiger charge is -2.22. The van der Waals surface area contributed by atoms with Crippen LogP contribution in [0.15, 0.2) is 131 Å². The fraction of sp³-hybridized carbons (Fsp3) is 0.161. The third-order valence-electron chi connectivity index (χ3n) is 5.65. The first-order valence-electron chi connectivity index (χ1n) is 12.2. The number of thioether (sulfide) groups is 2. The van der Waals surface area contributed by atoms with Crippen molar-refractivity contribution in [1.82, 2.24) is 10.6 Å². The number of amides is 2. The van der Waals surface area contributed by atoms with E-state index in [0.717, 1.165) is 20.9 Å². The summed E-state index contributed by atoms with van der Waals surface area (Å²) < 4.78 is 0. The molecule has 0 aliphatic carbocycles. The van der Waals surface area contributed by atoms with Crippen molar-refractivity contribution in [3.8, 4) is 0 Å². The van der Waals surface area contributed by atoms with E-state index in [2.05, 4.69) is 10.6 Å². The molecular formula is C31H30N2O2S2. The van der Waals surface area contributed by atoms with Gasteiger partial charge in [0.2, 0.25) is 11.8 Å². The summed E-state index contributed by atoms with van der Waals surface area (Å²) in [6.45, 7) is 2.25. The first-order valence-corrected chi connectivity index (χ1v) is 14.0. The number of rotatable bonds is 11. The molecule has 0 spiro atoms. The number of carbonyl (C=O) groups is 2. The fourth-order valence-electron chi connectivity index (χ4n) is 3.79. The van der Waals surface area contributed by atoms with Crippen LogP contribution in [0.25, 0.3) is 0 Å². The topological polar surface area (TPSA) is 58.2 Å². The van der Waals surface area contributed by atoms with Gasteiger partial charge in [-0.05, 0) is 42.3 Å². The van der Waals surface area contributed by atoms with Crippen LogP contribution in [-0.4, -0.2) is 24.4 Å². The number of nitrogens with one attached hydrogen (secondary N) is 2. The number of benzene rings is 4. The molecule has 0 fully saturated rings. The van der Waals surface area contributed by atoms with Gasteiger partial charge >= 0.3 is 0 Å². The molecule has 4 nitrogen and oxygen atoms in total. The molecule has 0 radical (unpaired) electrons. The molecule has 0 heterocycles. The zero-order chi connectivity index (χ0) is 25.9. The van der Waals surface area contributed by atoms with Crippen LogP contribution in [0.1, 0.15) is 28.6 Å². The van der Waals surface area contributed by atoms with E-state index in [1.54, 1.807) is 0 Å². The molecule has 0 bridgehead atoms. The average Bonchev–Trinajstić information content (AvgIpc) is 2.95. The highest BCUT2D eigenvalue weighted by Crippen LogP contribution is 2.36. The third-order valence-corrected chi connectivity index (χ3v) is 8.18. The van der Waals surface area contributed by atoms with Crippen LogP contribution >= 0.6 is 23.5 Å². The Balaban J connectivity index is 1.40. The van der Waals surface area contributed by atoms with E-state index < -0.39 is 10.5 Å². The Morgan fingerprint density at radius 3 is 1.41 bits per heavy atom. The molecule has 2 amide bonds. The van der Waals surface area contributed by atoms with Gasteiger partial charge in [0.1, 0.15) is 10.5 Å². The van der Waals surface area contributed by atoms with E-state index in [1.807, 2.05) is 128 Å². The van der Waals surface area contributed by atoms with Gasteiger partial charge in [0.25, 0.3) is 0 Å². The van der Waals surface area contributed by atoms with Crippen LogP contribution < -0.4 is 10.6 Å². The highest BCUT2D eigenvalue weighted by Gasteiger charge is 2.25. The van der Waals surface area contributed by atoms with Crippen LogP contribution in [0.4, 0.5) is 0 Å². The molecule has 0 saturated carbocycles. The summed E-state index contributed by atoms with van der Waals surface area (Å²) in [5, 5.41) is 5.37. The molecular weight excluding hydrogens is 496 g/mol. The van der Waals surface area contributed by atoms with Crippen molar-refractivity contribution >= 4 is 35.3 Å². The van der Waals surface area contributed by atoms with Gasteiger partial charge in [-0.15, -0.1) is 23.5 Å². The molecule has 188 valence electrons. The molecule has 0 aliphatic heterocycles. The Morgan fingerprint density at radius 1 is 0.595 bits per heavy atom. The van der Waals surface area contributed by atoms with E-state index in [0.29, 0.717) is 6.54 Å². The van der Waals surface area contributed by atoms with Crippen molar-refractivity contribution in [2.24, 2.45) is 0 Å². The highest BCUT2D eigenvalue weighted by molar-refractivity contribution is 8.00. The zero-order valence-electron chi connectivity index (χ0n) is 20.6. The van der Waals surface area contributed by atoms with Crippen molar-refractivity contribution in [3.63, 3.8) is 0 Å². The van der Waals surface area contributed by atoms with Gasteiger partial charge in [0, 0.05) is 22.4 Å². The molecule has 2 N–H and O–H groups in total. The van der Waals surface area contributed by atoms with Crippen LogP contribution in [0.2, 0.25) is 0 Å². The Labute approximate surface area is 227 Å². The maximum absolute atomic E-state index is 13.4. The molecule has 0 aromatic heterocycles. The zero-order valence-corrected chi connectivity index (χ0v) is 22.3. The number of carbonyl (C=O) groups excluding carboxylic acids is 2. The standard InChI is InChI=1S/C31H30N2O2S2/c1-23(33-31(35)29(25-16-8-3-9-17-25)37-27-20-12-5-13-21-27)22-32-30(34)28(24-14-6-2-7-15-24)36-26-18-10-4-11-19-26/h2-21,23,28-29H,22H2,1H3,(H,32,34)(H,33,35)/t23-,28-,29-/m0/s1. The molecule has 0 saturated heterocycles. The van der Waals surface area contributed by atoms with Gasteiger partial charge in [0.05, 0.1) is 0 Å². The summed E-state index contributed by atoms with van der Waals surface area (Å²) in [7, 11) is 0. The lowest BCUT2D eigenvalue weighted by Crippen LogP contribution is -2.44. The van der Waals surface area contributed by atoms with Crippen LogP contribution in [0.5, 0.6) is 0 Å². The molecule has 37 heavy (non-hydrogen) atoms. The van der Waals surface area contributed by atoms with Gasteiger partial charge in [-0.2, -0.15) is 0 Å². The molecule has 6 heteroatoms. The van der Waals surface area contributed by atoms with Crippen molar-refractivity contribution in [1.29, 1.82) is 0 Å². The van der Waals surface area contributed by atoms with Gasteiger partial charge < -0.3 is 10.6 Å². The highest BCUT2D eigenvalue weighted by atomic mass is 32.2. The van der Waals surface area contributed by atoms with Crippen molar-refractivity contribution in [3.05, 3.63) is 132 Å². The van der Waals surface area contributed by atoms with E-state index in [1.165, 1.54) is 23.5 Å². The number of hydrogen-bond acceptors (Lipinski definition) is 4. The minimum absolute atomic E-state index is 0.0833. The summed E-state index contributed by atoms with van der Waals surface area (Å²) in [5.41, 5.74) is 1.88. The second kappa shape index (κ2) is 13.7. The van der Waals surface area contributed by atoms with Crippen LogP contribution in [0.3, 0.4) is 0 Å². The quantitative estimate of drug-likeness (QED) is 0.214. The fourth-order valence-corrected chi connectivity index (χ4v) is 5.91. The van der Waals surface area contributed by atoms with Gasteiger partial charge in [-0.25, -0.2) is 0 Å². The molecule has 4 aromatic rings. The first-order chi connectivity index (χ1) is 18.1. The van der Waals surface area contributed by atoms with E-state index >= 15 is 0 Å². The Hall–Kier alpha value is -3.48. The maximum atomic E-state index is 13.4. The average molecular weight is 527 g/mol. The smallest absolute Gasteiger partial charge is 0.238 e. The largest absolute Gasteiger partial charge is 0.353 e. The molecule has 3 atom stereocenters. The Kier molecular flexibility index (Phi) is 9.86. The van der Waals surface area contributed by atoms with E-state index in [4.69, 9.17) is 0 Å². The molecule has 4 rings (SSSR count). The van der Waals surface area contributed by atoms with Gasteiger partial charge in [-0.1, -0.05) is 97.1 Å². The van der Waals surface area contributed by atoms with Gasteiger partial charge in [0.15, 0.2) is 0 Å². The molecule has 4 aromatic carbocycles. The lowest BCUT2D eigenvalue weighted by atomic mass is 10.1. The van der Waals surface area contributed by atoms with Gasteiger partial charge in [-0.3, -0.25) is 9.59 Å². The predicted molar refractivity (Wildman–Crippen MR) is 154 cm³/mol. The predicted octanol–water partition coefficient (Wildman–Crippen LogP) is 6.67. The van der Waals surface area contributed by atoms with E-state index in [9.17, 15) is 9.59 Å². The summed E-state index contributed by atoms with van der Waals surface area (Å²) in [6.07, 6.45) is 0. The normalized spacial score (nSPS) is 13.2. The second-order valence-electron chi connectivity index (χ2n) is 8.60. The van der Waals surface area contributed by atoms with Crippen LogP contribution in [0, 0.1) is 0 Å². The first kappa shape index (κ1) is 26.6. The summed E-state index contributed by atoms with van der Waals surface area (Å²) >= 11 is 3.03. The third kappa shape index (κ3) is 8.00. The second-order valence-corrected chi connectivity index (χ2v) is 11.0. The summed E-state index contributed by atoms with van der Waals surface area (Å²) in [6, 6.07) is 39.1. The Bertz CT molecular complexity index is 1260. The molecule has 0 unspecified atom stereocenters. The summed E-state index contributed by atoms with van der Waals surface area (Å²) in [4.78, 5) is 28.7. The van der Waals surface area contributed by atoms with Crippen molar-refractivity contribution in [2.45, 2.75) is 33.3 Å².